The van der Waals surface area contributed by atoms with Crippen LogP contribution in [0.1, 0.15) is 36.5 Å². The molecule has 1 aromatic rings. The molecule has 0 radical (unpaired) electrons. The molecule has 0 bridgehead atoms. The van der Waals surface area contributed by atoms with E-state index in [1.54, 1.807) is 4.90 Å². The second kappa shape index (κ2) is 6.61. The number of piperidine rings is 1. The van der Waals surface area contributed by atoms with Crippen molar-refractivity contribution < 1.29 is 15.0 Å². The molecule has 1 heterocycles. The maximum Gasteiger partial charge on any atom is 0.257 e. The van der Waals surface area contributed by atoms with Gasteiger partial charge in [-0.2, -0.15) is 0 Å². The van der Waals surface area contributed by atoms with E-state index in [2.05, 4.69) is 12.2 Å². The number of carbonyl (C=O) groups is 1. The largest absolute Gasteiger partial charge is 0.508 e. The Kier molecular flexibility index (Phi) is 4.84. The lowest BCUT2D eigenvalue weighted by Gasteiger charge is -2.32. The van der Waals surface area contributed by atoms with Gasteiger partial charge in [0, 0.05) is 25.2 Å². The molecule has 5 heteroatoms. The smallest absolute Gasteiger partial charge is 0.257 e. The summed E-state index contributed by atoms with van der Waals surface area (Å²) < 4.78 is 0. The highest BCUT2D eigenvalue weighted by Gasteiger charge is 2.24. The van der Waals surface area contributed by atoms with Crippen molar-refractivity contribution >= 4 is 5.91 Å². The van der Waals surface area contributed by atoms with E-state index in [-0.39, 0.29) is 23.0 Å². The molecule has 5 nitrogen and oxygen atoms in total. The van der Waals surface area contributed by atoms with Gasteiger partial charge in [-0.3, -0.25) is 4.79 Å². The second-order valence-electron chi connectivity index (χ2n) is 5.22. The summed E-state index contributed by atoms with van der Waals surface area (Å²) in [6.45, 7) is 4.54. The highest BCUT2D eigenvalue weighted by atomic mass is 16.3. The number of carbonyl (C=O) groups excluding carboxylic acids is 1. The molecule has 1 aliphatic rings. The van der Waals surface area contributed by atoms with E-state index in [9.17, 15) is 15.0 Å². The van der Waals surface area contributed by atoms with E-state index in [0.717, 1.165) is 25.8 Å². The van der Waals surface area contributed by atoms with Crippen LogP contribution >= 0.6 is 0 Å². The lowest BCUT2D eigenvalue weighted by Crippen LogP contribution is -2.45. The van der Waals surface area contributed by atoms with Crippen molar-refractivity contribution in [3.8, 4) is 11.5 Å². The normalized spacial score (nSPS) is 16.4. The van der Waals surface area contributed by atoms with E-state index in [1.807, 2.05) is 0 Å². The minimum Gasteiger partial charge on any atom is -0.508 e. The van der Waals surface area contributed by atoms with Gasteiger partial charge >= 0.3 is 0 Å². The van der Waals surface area contributed by atoms with Gasteiger partial charge in [-0.05, 0) is 37.9 Å². The minimum atomic E-state index is -0.170. The van der Waals surface area contributed by atoms with Crippen LogP contribution in [0.5, 0.6) is 11.5 Å². The molecule has 110 valence electrons. The molecule has 20 heavy (non-hydrogen) atoms. The third kappa shape index (κ3) is 3.42. The number of benzene rings is 1. The van der Waals surface area contributed by atoms with Crippen molar-refractivity contribution in [1.29, 1.82) is 0 Å². The van der Waals surface area contributed by atoms with Gasteiger partial charge in [0.15, 0.2) is 0 Å². The van der Waals surface area contributed by atoms with Crippen LogP contribution < -0.4 is 5.32 Å². The zero-order chi connectivity index (χ0) is 14.5. The summed E-state index contributed by atoms with van der Waals surface area (Å²) in [5.74, 6) is -0.376. The van der Waals surface area contributed by atoms with E-state index in [4.69, 9.17) is 0 Å². The molecule has 1 fully saturated rings. The molecule has 0 saturated carbocycles. The lowest BCUT2D eigenvalue weighted by molar-refractivity contribution is 0.0702. The Morgan fingerprint density at radius 1 is 1.35 bits per heavy atom. The molecule has 0 atom stereocenters. The summed E-state index contributed by atoms with van der Waals surface area (Å²) in [7, 11) is 0. The average Bonchev–Trinajstić information content (AvgIpc) is 2.45. The molecule has 1 aromatic carbocycles. The third-order valence-electron chi connectivity index (χ3n) is 3.68. The van der Waals surface area contributed by atoms with Gasteiger partial charge in [0.05, 0.1) is 5.56 Å². The Labute approximate surface area is 119 Å². The summed E-state index contributed by atoms with van der Waals surface area (Å²) >= 11 is 0. The van der Waals surface area contributed by atoms with Crippen molar-refractivity contribution in [2.24, 2.45) is 0 Å². The molecular formula is C15H22N2O3. The number of aromatic hydroxyl groups is 2. The first kappa shape index (κ1) is 14.7. The van der Waals surface area contributed by atoms with Gasteiger partial charge in [0.1, 0.15) is 11.5 Å². The van der Waals surface area contributed by atoms with Crippen molar-refractivity contribution in [2.75, 3.05) is 19.6 Å². The molecule has 0 aliphatic carbocycles. The van der Waals surface area contributed by atoms with Crippen LogP contribution in [0.4, 0.5) is 0 Å². The van der Waals surface area contributed by atoms with Gasteiger partial charge in [-0.15, -0.1) is 0 Å². The van der Waals surface area contributed by atoms with Crippen molar-refractivity contribution in [3.05, 3.63) is 23.8 Å². The average molecular weight is 278 g/mol. The zero-order valence-electron chi connectivity index (χ0n) is 11.8. The third-order valence-corrected chi connectivity index (χ3v) is 3.68. The van der Waals surface area contributed by atoms with Gasteiger partial charge in [0.2, 0.25) is 0 Å². The molecule has 0 spiro atoms. The van der Waals surface area contributed by atoms with Gasteiger partial charge in [0.25, 0.3) is 5.91 Å². The minimum absolute atomic E-state index is 0.0403. The van der Waals surface area contributed by atoms with Gasteiger partial charge in [-0.1, -0.05) is 6.92 Å². The summed E-state index contributed by atoms with van der Waals surface area (Å²) in [5, 5.41) is 22.5. The second-order valence-corrected chi connectivity index (χ2v) is 5.22. The SMILES string of the molecule is CCCNC1CCN(C(=O)c2ccc(O)cc2O)CC1. The first-order chi connectivity index (χ1) is 9.61. The molecular weight excluding hydrogens is 256 g/mol. The van der Waals surface area contributed by atoms with Crippen LogP contribution in [0.2, 0.25) is 0 Å². The molecule has 1 saturated heterocycles. The number of hydrogen-bond acceptors (Lipinski definition) is 4. The van der Waals surface area contributed by atoms with E-state index < -0.39 is 0 Å². The van der Waals surface area contributed by atoms with Crippen LogP contribution in [0.15, 0.2) is 18.2 Å². The molecule has 0 aromatic heterocycles. The van der Waals surface area contributed by atoms with E-state index >= 15 is 0 Å². The van der Waals surface area contributed by atoms with Crippen LogP contribution in [0, 0.1) is 0 Å². The van der Waals surface area contributed by atoms with Crippen molar-refractivity contribution in [2.45, 2.75) is 32.2 Å². The lowest BCUT2D eigenvalue weighted by atomic mass is 10.0. The molecule has 1 amide bonds. The van der Waals surface area contributed by atoms with Crippen LogP contribution in [-0.4, -0.2) is 46.7 Å². The summed E-state index contributed by atoms with van der Waals surface area (Å²) in [6, 6.07) is 4.56. The van der Waals surface area contributed by atoms with E-state index in [1.165, 1.54) is 18.2 Å². The van der Waals surface area contributed by atoms with Crippen LogP contribution in [-0.2, 0) is 0 Å². The first-order valence-electron chi connectivity index (χ1n) is 7.16. The maximum absolute atomic E-state index is 12.3. The predicted molar refractivity (Wildman–Crippen MR) is 77.0 cm³/mol. The quantitative estimate of drug-likeness (QED) is 0.784. The Hall–Kier alpha value is -1.75. The number of phenolic OH excluding ortho intramolecular Hbond substituents is 2. The van der Waals surface area contributed by atoms with Crippen molar-refractivity contribution in [1.82, 2.24) is 10.2 Å². The molecule has 2 rings (SSSR count). The van der Waals surface area contributed by atoms with Gasteiger partial charge < -0.3 is 20.4 Å². The summed E-state index contributed by atoms with van der Waals surface area (Å²) in [4.78, 5) is 14.1. The molecule has 3 N–H and O–H groups in total. The van der Waals surface area contributed by atoms with Crippen LogP contribution in [0.25, 0.3) is 0 Å². The standard InChI is InChI=1S/C15H22N2O3/c1-2-7-16-11-5-8-17(9-6-11)15(20)13-4-3-12(18)10-14(13)19/h3-4,10-11,16,18-19H,2,5-9H2,1H3. The fourth-order valence-electron chi connectivity index (χ4n) is 2.51. The summed E-state index contributed by atoms with van der Waals surface area (Å²) in [6.07, 6.45) is 2.98. The number of rotatable bonds is 4. The monoisotopic (exact) mass is 278 g/mol. The Morgan fingerprint density at radius 2 is 2.05 bits per heavy atom. The molecule has 1 aliphatic heterocycles. The number of phenols is 2. The number of nitrogens with zero attached hydrogens (tertiary/aromatic N) is 1. The van der Waals surface area contributed by atoms with Crippen molar-refractivity contribution in [3.63, 3.8) is 0 Å². The number of likely N-dealkylation sites (tertiary alicyclic amines) is 1. The van der Waals surface area contributed by atoms with Gasteiger partial charge in [-0.25, -0.2) is 0 Å². The number of amides is 1. The van der Waals surface area contributed by atoms with Crippen LogP contribution in [0.3, 0.4) is 0 Å². The summed E-state index contributed by atoms with van der Waals surface area (Å²) in [5.41, 5.74) is 0.253. The fourth-order valence-corrected chi connectivity index (χ4v) is 2.51. The maximum atomic E-state index is 12.3. The van der Waals surface area contributed by atoms with E-state index in [0.29, 0.717) is 19.1 Å². The Bertz CT molecular complexity index is 468. The number of hydrogen-bond donors (Lipinski definition) is 3. The topological polar surface area (TPSA) is 72.8 Å². The zero-order valence-corrected chi connectivity index (χ0v) is 11.8. The first-order valence-corrected chi connectivity index (χ1v) is 7.16. The molecule has 0 unspecified atom stereocenters. The number of nitrogens with one attached hydrogen (secondary N) is 1. The predicted octanol–water partition coefficient (Wildman–Crippen LogP) is 1.70. The Balaban J connectivity index is 1.94. The fraction of sp³-hybridized carbons (Fsp3) is 0.533. The Morgan fingerprint density at radius 3 is 2.65 bits per heavy atom. The highest BCUT2D eigenvalue weighted by Crippen LogP contribution is 2.25. The highest BCUT2D eigenvalue weighted by molar-refractivity contribution is 5.97.